The first kappa shape index (κ1) is 23.4. The Balaban J connectivity index is 1.77. The van der Waals surface area contributed by atoms with E-state index in [9.17, 15) is 13.2 Å². The van der Waals surface area contributed by atoms with E-state index in [1.807, 2.05) is 0 Å². The number of furan rings is 1. The van der Waals surface area contributed by atoms with E-state index in [1.165, 1.54) is 38.5 Å². The largest absolute Gasteiger partial charge is 0.497 e. The molecule has 2 N–H and O–H groups in total. The Hall–Kier alpha value is -3.31. The summed E-state index contributed by atoms with van der Waals surface area (Å²) in [5.74, 6) is 0.309. The molecule has 9 nitrogen and oxygen atoms in total. The Morgan fingerprint density at radius 3 is 2.50 bits per heavy atom. The first-order valence-electron chi connectivity index (χ1n) is 9.18. The zero-order chi connectivity index (χ0) is 23.3. The quantitative estimate of drug-likeness (QED) is 0.341. The van der Waals surface area contributed by atoms with Crippen LogP contribution in [0.4, 0.5) is 5.69 Å². The number of hydrogen-bond donors (Lipinski definition) is 2. The number of hydrogen-bond acceptors (Lipinski definition) is 7. The van der Waals surface area contributed by atoms with Gasteiger partial charge in [-0.2, -0.15) is 18.4 Å². The van der Waals surface area contributed by atoms with Crippen LogP contribution in [-0.4, -0.2) is 34.3 Å². The van der Waals surface area contributed by atoms with Gasteiger partial charge in [0.2, 0.25) is 0 Å². The second-order valence-electron chi connectivity index (χ2n) is 6.45. The van der Waals surface area contributed by atoms with Gasteiger partial charge in [-0.1, -0.05) is 12.1 Å². The molecular weight excluding hydrogens is 502 g/mol. The van der Waals surface area contributed by atoms with Crippen LogP contribution in [-0.2, 0) is 10.0 Å². The van der Waals surface area contributed by atoms with E-state index >= 15 is 0 Å². The number of hydrazone groups is 1. The maximum atomic E-state index is 12.7. The molecule has 0 bridgehead atoms. The summed E-state index contributed by atoms with van der Waals surface area (Å²) in [5, 5.41) is 6.71. The van der Waals surface area contributed by atoms with Gasteiger partial charge in [0.05, 0.1) is 19.9 Å². The van der Waals surface area contributed by atoms with Gasteiger partial charge in [-0.25, -0.2) is 0 Å². The Labute approximate surface area is 193 Å². The molecule has 3 rings (SSSR count). The normalized spacial score (nSPS) is 11.7. The zero-order valence-corrected chi connectivity index (χ0v) is 19.8. The number of ether oxygens (including phenoxy) is 2. The van der Waals surface area contributed by atoms with Gasteiger partial charge < -0.3 is 19.2 Å². The molecule has 0 spiro atoms. The van der Waals surface area contributed by atoms with E-state index in [-0.39, 0.29) is 16.4 Å². The molecule has 1 aromatic heterocycles. The third-order valence-corrected chi connectivity index (χ3v) is 6.00. The van der Waals surface area contributed by atoms with Crippen molar-refractivity contribution in [3.8, 4) is 11.5 Å². The van der Waals surface area contributed by atoms with Crippen LogP contribution in [0.5, 0.6) is 11.5 Å². The number of carbonyl (C=O) groups excluding carboxylic acids is 1. The Morgan fingerprint density at radius 1 is 1.06 bits per heavy atom. The summed E-state index contributed by atoms with van der Waals surface area (Å²) in [6.07, 6.45) is 0. The minimum atomic E-state index is -4.00. The van der Waals surface area contributed by atoms with E-state index in [2.05, 4.69) is 31.2 Å². The minimum Gasteiger partial charge on any atom is -0.497 e. The molecule has 0 unspecified atom stereocenters. The Kier molecular flexibility index (Phi) is 7.21. The highest BCUT2D eigenvalue weighted by molar-refractivity contribution is 9.10. The fourth-order valence-corrected chi connectivity index (χ4v) is 4.01. The average Bonchev–Trinajstić information content (AvgIpc) is 3.23. The average molecular weight is 522 g/mol. The number of benzene rings is 2. The number of nitrogens with zero attached hydrogens (tertiary/aromatic N) is 1. The molecule has 11 heteroatoms. The Morgan fingerprint density at radius 2 is 1.84 bits per heavy atom. The smallest absolute Gasteiger partial charge is 0.291 e. The van der Waals surface area contributed by atoms with Gasteiger partial charge in [-0.15, -0.1) is 0 Å². The number of nitrogens with one attached hydrogen (secondary N) is 2. The molecule has 0 radical (unpaired) electrons. The SMILES string of the molecule is COc1ccc(S(=O)(=O)NN=C(C)c2cccc(NC(=O)c3ccc(Br)o3)c2)c(OC)c1. The van der Waals surface area contributed by atoms with Crippen molar-refractivity contribution in [2.24, 2.45) is 5.10 Å². The zero-order valence-electron chi connectivity index (χ0n) is 17.4. The first-order valence-corrected chi connectivity index (χ1v) is 11.5. The third-order valence-electron chi connectivity index (χ3n) is 4.33. The van der Waals surface area contributed by atoms with Crippen LogP contribution < -0.4 is 19.6 Å². The lowest BCUT2D eigenvalue weighted by atomic mass is 10.1. The van der Waals surface area contributed by atoms with Crippen molar-refractivity contribution in [3.05, 3.63) is 70.6 Å². The van der Waals surface area contributed by atoms with Gasteiger partial charge in [0.1, 0.15) is 16.4 Å². The molecule has 1 amide bonds. The van der Waals surface area contributed by atoms with Crippen molar-refractivity contribution in [3.63, 3.8) is 0 Å². The molecule has 0 aliphatic rings. The molecular formula is C21H20BrN3O6S. The van der Waals surface area contributed by atoms with Crippen molar-refractivity contribution in [2.75, 3.05) is 19.5 Å². The van der Waals surface area contributed by atoms with Gasteiger partial charge in [-0.3, -0.25) is 4.79 Å². The molecule has 0 saturated carbocycles. The van der Waals surface area contributed by atoms with E-state index in [4.69, 9.17) is 13.9 Å². The highest BCUT2D eigenvalue weighted by atomic mass is 79.9. The van der Waals surface area contributed by atoms with Crippen molar-refractivity contribution in [2.45, 2.75) is 11.8 Å². The highest BCUT2D eigenvalue weighted by Gasteiger charge is 2.20. The van der Waals surface area contributed by atoms with E-state index in [1.54, 1.807) is 37.3 Å². The van der Waals surface area contributed by atoms with Gasteiger partial charge in [0, 0.05) is 11.8 Å². The third kappa shape index (κ3) is 5.48. The first-order chi connectivity index (χ1) is 15.2. The molecule has 0 fully saturated rings. The molecule has 0 aliphatic heterocycles. The molecule has 3 aromatic rings. The number of amides is 1. The van der Waals surface area contributed by atoms with Gasteiger partial charge in [0.25, 0.3) is 15.9 Å². The topological polar surface area (TPSA) is 119 Å². The van der Waals surface area contributed by atoms with Crippen LogP contribution in [0, 0.1) is 0 Å². The van der Waals surface area contributed by atoms with E-state index in [0.717, 1.165) is 0 Å². The maximum absolute atomic E-state index is 12.7. The molecule has 168 valence electrons. The number of anilines is 1. The molecule has 2 aromatic carbocycles. The number of carbonyl (C=O) groups is 1. The molecule has 0 aliphatic carbocycles. The van der Waals surface area contributed by atoms with E-state index < -0.39 is 15.9 Å². The van der Waals surface area contributed by atoms with Crippen molar-refractivity contribution in [1.29, 1.82) is 0 Å². The van der Waals surface area contributed by atoms with Crippen LogP contribution in [0.25, 0.3) is 0 Å². The summed E-state index contributed by atoms with van der Waals surface area (Å²) in [6.45, 7) is 1.64. The summed E-state index contributed by atoms with van der Waals surface area (Å²) in [4.78, 5) is 14.4. The van der Waals surface area contributed by atoms with Crippen LogP contribution in [0.15, 0.2) is 73.7 Å². The summed E-state index contributed by atoms with van der Waals surface area (Å²) in [5.41, 5.74) is 1.49. The maximum Gasteiger partial charge on any atom is 0.291 e. The van der Waals surface area contributed by atoms with Gasteiger partial charge in [0.15, 0.2) is 10.4 Å². The predicted octanol–water partition coefficient (Wildman–Crippen LogP) is 4.01. The standard InChI is InChI=1S/C21H20BrN3O6S/c1-13(24-25-32(27,28)19-9-7-16(29-2)12-18(19)30-3)14-5-4-6-15(11-14)23-21(26)17-8-10-20(22)31-17/h4-12,25H,1-3H3,(H,23,26). The van der Waals surface area contributed by atoms with Crippen LogP contribution in [0.2, 0.25) is 0 Å². The summed E-state index contributed by atoms with van der Waals surface area (Å²) >= 11 is 3.15. The van der Waals surface area contributed by atoms with Crippen molar-refractivity contribution < 1.29 is 27.1 Å². The fourth-order valence-electron chi connectivity index (χ4n) is 2.69. The van der Waals surface area contributed by atoms with Gasteiger partial charge in [-0.05, 0) is 64.8 Å². The number of methoxy groups -OCH3 is 2. The number of halogens is 1. The second kappa shape index (κ2) is 9.88. The summed E-state index contributed by atoms with van der Waals surface area (Å²) in [6, 6.07) is 14.3. The lowest BCUT2D eigenvalue weighted by Gasteiger charge is -2.11. The molecule has 32 heavy (non-hydrogen) atoms. The van der Waals surface area contributed by atoms with E-state index in [0.29, 0.717) is 27.4 Å². The van der Waals surface area contributed by atoms with Gasteiger partial charge >= 0.3 is 0 Å². The molecule has 1 heterocycles. The summed E-state index contributed by atoms with van der Waals surface area (Å²) in [7, 11) is -1.16. The summed E-state index contributed by atoms with van der Waals surface area (Å²) < 4.78 is 41.3. The molecule has 0 atom stereocenters. The second-order valence-corrected chi connectivity index (χ2v) is 8.86. The van der Waals surface area contributed by atoms with Crippen LogP contribution in [0.1, 0.15) is 23.0 Å². The number of rotatable bonds is 8. The molecule has 0 saturated heterocycles. The highest BCUT2D eigenvalue weighted by Crippen LogP contribution is 2.28. The Bertz CT molecular complexity index is 1270. The monoisotopic (exact) mass is 521 g/mol. The van der Waals surface area contributed by atoms with Crippen LogP contribution >= 0.6 is 15.9 Å². The predicted molar refractivity (Wildman–Crippen MR) is 123 cm³/mol. The minimum absolute atomic E-state index is 0.0806. The van der Waals surface area contributed by atoms with Crippen LogP contribution in [0.3, 0.4) is 0 Å². The fraction of sp³-hybridized carbons (Fsp3) is 0.143. The number of sulfonamides is 1. The lowest BCUT2D eigenvalue weighted by molar-refractivity contribution is 0.0995. The van der Waals surface area contributed by atoms with Crippen molar-refractivity contribution in [1.82, 2.24) is 4.83 Å². The lowest BCUT2D eigenvalue weighted by Crippen LogP contribution is -2.20. The van der Waals surface area contributed by atoms with Crippen molar-refractivity contribution >= 4 is 43.3 Å².